The van der Waals surface area contributed by atoms with Crippen LogP contribution in [0.3, 0.4) is 0 Å². The van der Waals surface area contributed by atoms with E-state index in [-0.39, 0.29) is 42.0 Å². The number of urea groups is 1. The highest BCUT2D eigenvalue weighted by Gasteiger charge is 2.48. The number of rotatable bonds is 2. The maximum absolute atomic E-state index is 13.1. The number of morpholine rings is 1. The van der Waals surface area contributed by atoms with Gasteiger partial charge in [0.2, 0.25) is 5.91 Å². The third-order valence-electron chi connectivity index (χ3n) is 7.65. The second-order valence-electron chi connectivity index (χ2n) is 9.53. The molecule has 4 heterocycles. The molecule has 1 aromatic carbocycles. The van der Waals surface area contributed by atoms with E-state index in [9.17, 15) is 22.8 Å². The largest absolute Gasteiger partial charge is 0.416 e. The fourth-order valence-corrected chi connectivity index (χ4v) is 5.65. The van der Waals surface area contributed by atoms with Crippen molar-refractivity contribution >= 4 is 11.9 Å². The molecule has 1 N–H and O–H groups in total. The van der Waals surface area contributed by atoms with E-state index < -0.39 is 11.7 Å². The Balaban J connectivity index is 1.20. The van der Waals surface area contributed by atoms with Crippen LogP contribution in [0, 0.1) is 5.92 Å². The van der Waals surface area contributed by atoms with Gasteiger partial charge in [0.25, 0.3) is 0 Å². The van der Waals surface area contributed by atoms with E-state index in [0.717, 1.165) is 30.5 Å². The Morgan fingerprint density at radius 2 is 1.70 bits per heavy atom. The number of nitrogens with one attached hydrogen (secondary N) is 1. The minimum atomic E-state index is -4.35. The molecule has 0 aromatic heterocycles. The van der Waals surface area contributed by atoms with Gasteiger partial charge >= 0.3 is 12.2 Å². The fraction of sp³-hybridized carbons (Fsp3) is 0.652. The Bertz CT molecular complexity index is 895. The standard InChI is InChI=1S/C23H28F3N3O4/c24-23(25,26)17-3-1-15(2-4-17)22(13-32-14-22)16-5-8-28(9-6-16)21(31)29-10-7-19-18(11-29)27-20(30)12-33-19/h1-4,16,18-19H,5-14H2,(H,27,30). The number of amides is 3. The van der Waals surface area contributed by atoms with E-state index in [1.165, 1.54) is 0 Å². The molecule has 0 radical (unpaired) electrons. The molecule has 4 saturated heterocycles. The summed E-state index contributed by atoms with van der Waals surface area (Å²) in [6, 6.07) is 5.24. The van der Waals surface area contributed by atoms with Crippen LogP contribution in [-0.2, 0) is 25.9 Å². The van der Waals surface area contributed by atoms with E-state index in [1.807, 2.05) is 4.90 Å². The van der Waals surface area contributed by atoms with E-state index >= 15 is 0 Å². The fourth-order valence-electron chi connectivity index (χ4n) is 5.65. The zero-order chi connectivity index (χ0) is 23.2. The van der Waals surface area contributed by atoms with Crippen molar-refractivity contribution in [2.45, 2.75) is 43.0 Å². The predicted molar refractivity (Wildman–Crippen MR) is 111 cm³/mol. The van der Waals surface area contributed by atoms with Crippen LogP contribution in [0.1, 0.15) is 30.4 Å². The molecule has 0 spiro atoms. The number of benzene rings is 1. The molecule has 33 heavy (non-hydrogen) atoms. The first-order valence-corrected chi connectivity index (χ1v) is 11.5. The first kappa shape index (κ1) is 22.5. The van der Waals surface area contributed by atoms with Gasteiger partial charge in [0, 0.05) is 31.6 Å². The molecule has 10 heteroatoms. The lowest BCUT2D eigenvalue weighted by Crippen LogP contribution is -2.63. The third-order valence-corrected chi connectivity index (χ3v) is 7.65. The van der Waals surface area contributed by atoms with Gasteiger partial charge in [-0.25, -0.2) is 4.79 Å². The Hall–Kier alpha value is -2.33. The van der Waals surface area contributed by atoms with Gasteiger partial charge in [0.1, 0.15) is 6.61 Å². The SMILES string of the molecule is O=C1COC2CCN(C(=O)N3CCC(C4(c5ccc(C(F)(F)F)cc5)COC4)CC3)CC2N1. The molecule has 5 rings (SSSR count). The number of fused-ring (bicyclic) bond motifs is 1. The summed E-state index contributed by atoms with van der Waals surface area (Å²) in [5, 5.41) is 2.92. The number of ether oxygens (including phenoxy) is 2. The average molecular weight is 467 g/mol. The summed E-state index contributed by atoms with van der Waals surface area (Å²) in [5.41, 5.74) is -0.0616. The maximum atomic E-state index is 13.1. The van der Waals surface area contributed by atoms with Crippen molar-refractivity contribution < 1.29 is 32.2 Å². The minimum Gasteiger partial charge on any atom is -0.379 e. The molecular weight excluding hydrogens is 439 g/mol. The number of carbonyl (C=O) groups excluding carboxylic acids is 2. The van der Waals surface area contributed by atoms with Gasteiger partial charge in [-0.15, -0.1) is 0 Å². The summed E-state index contributed by atoms with van der Waals surface area (Å²) in [7, 11) is 0. The summed E-state index contributed by atoms with van der Waals surface area (Å²) in [5.74, 6) is 0.0893. The summed E-state index contributed by atoms with van der Waals surface area (Å²) in [6.45, 7) is 3.29. The highest BCUT2D eigenvalue weighted by molar-refractivity contribution is 5.79. The number of hydrogen-bond donors (Lipinski definition) is 1. The lowest BCUT2D eigenvalue weighted by Gasteiger charge is -2.51. The number of piperidine rings is 2. The second kappa shape index (κ2) is 8.47. The van der Waals surface area contributed by atoms with E-state index in [2.05, 4.69) is 5.32 Å². The van der Waals surface area contributed by atoms with E-state index in [0.29, 0.717) is 45.8 Å². The van der Waals surface area contributed by atoms with Crippen LogP contribution < -0.4 is 5.32 Å². The third kappa shape index (κ3) is 4.19. The van der Waals surface area contributed by atoms with E-state index in [1.54, 1.807) is 17.0 Å². The summed E-state index contributed by atoms with van der Waals surface area (Å²) in [4.78, 5) is 28.4. The van der Waals surface area contributed by atoms with Crippen molar-refractivity contribution in [3.63, 3.8) is 0 Å². The number of carbonyl (C=O) groups is 2. The van der Waals surface area contributed by atoms with Crippen molar-refractivity contribution in [2.24, 2.45) is 5.92 Å². The minimum absolute atomic E-state index is 0.0276. The first-order valence-electron chi connectivity index (χ1n) is 11.5. The molecule has 4 fully saturated rings. The van der Waals surface area contributed by atoms with Crippen molar-refractivity contribution in [2.75, 3.05) is 46.0 Å². The molecule has 2 unspecified atom stereocenters. The maximum Gasteiger partial charge on any atom is 0.416 e. The molecule has 4 aliphatic rings. The van der Waals surface area contributed by atoms with Crippen molar-refractivity contribution in [3.8, 4) is 0 Å². The van der Waals surface area contributed by atoms with Gasteiger partial charge in [-0.3, -0.25) is 4.79 Å². The zero-order valence-electron chi connectivity index (χ0n) is 18.3. The molecule has 180 valence electrons. The van der Waals surface area contributed by atoms with Gasteiger partial charge in [0.05, 0.1) is 30.9 Å². The number of alkyl halides is 3. The van der Waals surface area contributed by atoms with E-state index in [4.69, 9.17) is 9.47 Å². The monoisotopic (exact) mass is 467 g/mol. The normalized spacial score (nSPS) is 28.0. The molecule has 1 aromatic rings. The Morgan fingerprint density at radius 3 is 2.30 bits per heavy atom. The first-order chi connectivity index (χ1) is 15.8. The molecule has 4 aliphatic heterocycles. The number of nitrogens with zero attached hydrogens (tertiary/aromatic N) is 2. The van der Waals surface area contributed by atoms with Crippen LogP contribution in [0.25, 0.3) is 0 Å². The lowest BCUT2D eigenvalue weighted by atomic mass is 9.65. The second-order valence-corrected chi connectivity index (χ2v) is 9.53. The molecule has 3 amide bonds. The molecule has 7 nitrogen and oxygen atoms in total. The summed E-state index contributed by atoms with van der Waals surface area (Å²) >= 11 is 0. The molecule has 0 aliphatic carbocycles. The van der Waals surface area contributed by atoms with Crippen LogP contribution in [0.4, 0.5) is 18.0 Å². The van der Waals surface area contributed by atoms with Crippen LogP contribution in [0.5, 0.6) is 0 Å². The smallest absolute Gasteiger partial charge is 0.379 e. The average Bonchev–Trinajstić information content (AvgIpc) is 2.77. The van der Waals surface area contributed by atoms with Crippen LogP contribution >= 0.6 is 0 Å². The van der Waals surface area contributed by atoms with Gasteiger partial charge in [0.15, 0.2) is 0 Å². The predicted octanol–water partition coefficient (Wildman–Crippen LogP) is 2.39. The van der Waals surface area contributed by atoms with Gasteiger partial charge < -0.3 is 24.6 Å². The summed E-state index contributed by atoms with van der Waals surface area (Å²) < 4.78 is 50.0. The topological polar surface area (TPSA) is 71.1 Å². The molecule has 2 atom stereocenters. The molecule has 0 saturated carbocycles. The highest BCUT2D eigenvalue weighted by Crippen LogP contribution is 2.45. The lowest BCUT2D eigenvalue weighted by molar-refractivity contribution is -0.140. The van der Waals surface area contributed by atoms with Crippen LogP contribution in [-0.4, -0.2) is 79.9 Å². The van der Waals surface area contributed by atoms with Crippen molar-refractivity contribution in [1.29, 1.82) is 0 Å². The van der Waals surface area contributed by atoms with Gasteiger partial charge in [-0.1, -0.05) is 12.1 Å². The van der Waals surface area contributed by atoms with Crippen molar-refractivity contribution in [1.82, 2.24) is 15.1 Å². The Morgan fingerprint density at radius 1 is 1.03 bits per heavy atom. The van der Waals surface area contributed by atoms with Gasteiger partial charge in [-0.05, 0) is 42.9 Å². The quantitative estimate of drug-likeness (QED) is 0.725. The molecular formula is C23H28F3N3O4. The highest BCUT2D eigenvalue weighted by atomic mass is 19.4. The number of hydrogen-bond acceptors (Lipinski definition) is 4. The Kier molecular flexibility index (Phi) is 5.76. The number of halogens is 3. The van der Waals surface area contributed by atoms with Crippen LogP contribution in [0.2, 0.25) is 0 Å². The van der Waals surface area contributed by atoms with Crippen LogP contribution in [0.15, 0.2) is 24.3 Å². The Labute approximate surface area is 190 Å². The number of likely N-dealkylation sites (tertiary alicyclic amines) is 2. The zero-order valence-corrected chi connectivity index (χ0v) is 18.3. The van der Waals surface area contributed by atoms with Gasteiger partial charge in [-0.2, -0.15) is 13.2 Å². The van der Waals surface area contributed by atoms with Crippen molar-refractivity contribution in [3.05, 3.63) is 35.4 Å². The molecule has 0 bridgehead atoms. The summed E-state index contributed by atoms with van der Waals surface area (Å²) in [6.07, 6.45) is -2.15.